The number of esters is 1. The first-order valence-corrected chi connectivity index (χ1v) is 7.11. The number of hydrogen-bond acceptors (Lipinski definition) is 3. The van der Waals surface area contributed by atoms with E-state index in [-0.39, 0.29) is 23.6 Å². The smallest absolute Gasteiger partial charge is 0.334 e. The molecule has 0 saturated heterocycles. The predicted molar refractivity (Wildman–Crippen MR) is 75.2 cm³/mol. The predicted octanol–water partition coefficient (Wildman–Crippen LogP) is 3.01. The van der Waals surface area contributed by atoms with Gasteiger partial charge in [-0.1, -0.05) is 42.8 Å². The number of ether oxygens (including phenoxy) is 1. The minimum absolute atomic E-state index is 0.0525. The first-order valence-electron chi connectivity index (χ1n) is 7.11. The molecule has 3 heteroatoms. The molecule has 0 radical (unpaired) electrons. The normalized spacial score (nSPS) is 27.9. The number of allylic oxidation sites excluding steroid dienone is 1. The number of rotatable bonds is 3. The van der Waals surface area contributed by atoms with E-state index in [0.717, 1.165) is 19.3 Å². The number of benzene rings is 1. The Kier molecular flexibility index (Phi) is 3.43. The third-order valence-corrected chi connectivity index (χ3v) is 4.54. The van der Waals surface area contributed by atoms with Crippen LogP contribution in [0.3, 0.4) is 0 Å². The summed E-state index contributed by atoms with van der Waals surface area (Å²) < 4.78 is 4.86. The van der Waals surface area contributed by atoms with Crippen molar-refractivity contribution in [1.82, 2.24) is 0 Å². The summed E-state index contributed by atoms with van der Waals surface area (Å²) in [6.45, 7) is 0. The van der Waals surface area contributed by atoms with Crippen LogP contribution in [0.4, 0.5) is 0 Å². The average molecular weight is 270 g/mol. The Labute approximate surface area is 118 Å². The highest BCUT2D eigenvalue weighted by Gasteiger charge is 2.46. The van der Waals surface area contributed by atoms with Gasteiger partial charge in [0.1, 0.15) is 0 Å². The third kappa shape index (κ3) is 2.07. The summed E-state index contributed by atoms with van der Waals surface area (Å²) in [5.74, 6) is 0.0150. The fourth-order valence-electron chi connectivity index (χ4n) is 3.63. The Bertz CT molecular complexity index is 559. The van der Waals surface area contributed by atoms with Gasteiger partial charge in [0.2, 0.25) is 0 Å². The van der Waals surface area contributed by atoms with E-state index in [9.17, 15) is 9.59 Å². The van der Waals surface area contributed by atoms with E-state index in [1.807, 2.05) is 36.4 Å². The lowest BCUT2D eigenvalue weighted by atomic mass is 9.82. The molecular weight excluding hydrogens is 252 g/mol. The zero-order valence-corrected chi connectivity index (χ0v) is 11.5. The molecule has 0 heterocycles. The standard InChI is InChI=1S/C17H18O3/c1-20-17(19)14-10-12-8-5-9-13(12)15(14)16(18)11-6-3-2-4-7-11/h2-4,6-7,10,12-13,15H,5,8-9H2,1H3/t12-,13-,15+/m1/s1. The maximum Gasteiger partial charge on any atom is 0.334 e. The second kappa shape index (κ2) is 5.23. The minimum Gasteiger partial charge on any atom is -0.466 e. The maximum atomic E-state index is 12.8. The second-order valence-corrected chi connectivity index (χ2v) is 5.58. The van der Waals surface area contributed by atoms with Crippen LogP contribution in [0.15, 0.2) is 42.0 Å². The number of carbonyl (C=O) groups is 2. The van der Waals surface area contributed by atoms with Crippen LogP contribution < -0.4 is 0 Å². The van der Waals surface area contributed by atoms with E-state index < -0.39 is 0 Å². The Morgan fingerprint density at radius 2 is 1.90 bits per heavy atom. The molecule has 3 nitrogen and oxygen atoms in total. The van der Waals surface area contributed by atoms with Crippen LogP contribution in [0.2, 0.25) is 0 Å². The Hall–Kier alpha value is -1.90. The van der Waals surface area contributed by atoms with E-state index in [4.69, 9.17) is 4.74 Å². The van der Waals surface area contributed by atoms with Crippen LogP contribution in [0, 0.1) is 17.8 Å². The third-order valence-electron chi connectivity index (χ3n) is 4.54. The average Bonchev–Trinajstić information content (AvgIpc) is 3.07. The van der Waals surface area contributed by atoms with Crippen molar-refractivity contribution in [3.05, 3.63) is 47.5 Å². The molecule has 3 atom stereocenters. The van der Waals surface area contributed by atoms with E-state index in [2.05, 4.69) is 0 Å². The molecule has 0 unspecified atom stereocenters. The second-order valence-electron chi connectivity index (χ2n) is 5.58. The van der Waals surface area contributed by atoms with E-state index in [0.29, 0.717) is 17.1 Å². The summed E-state index contributed by atoms with van der Waals surface area (Å²) in [5, 5.41) is 0. The summed E-state index contributed by atoms with van der Waals surface area (Å²) in [5.41, 5.74) is 1.25. The van der Waals surface area contributed by atoms with Gasteiger partial charge >= 0.3 is 5.97 Å². The highest BCUT2D eigenvalue weighted by molar-refractivity contribution is 6.06. The Morgan fingerprint density at radius 3 is 2.60 bits per heavy atom. The number of hydrogen-bond donors (Lipinski definition) is 0. The van der Waals surface area contributed by atoms with Gasteiger partial charge in [0.25, 0.3) is 0 Å². The number of fused-ring (bicyclic) bond motifs is 1. The van der Waals surface area contributed by atoms with E-state index in [1.165, 1.54) is 7.11 Å². The molecule has 20 heavy (non-hydrogen) atoms. The van der Waals surface area contributed by atoms with Crippen LogP contribution in [0.25, 0.3) is 0 Å². The fourth-order valence-corrected chi connectivity index (χ4v) is 3.63. The molecule has 2 aliphatic carbocycles. The lowest BCUT2D eigenvalue weighted by Crippen LogP contribution is -2.26. The van der Waals surface area contributed by atoms with Gasteiger partial charge in [0.15, 0.2) is 5.78 Å². The van der Waals surface area contributed by atoms with Crippen molar-refractivity contribution in [2.24, 2.45) is 17.8 Å². The summed E-state index contributed by atoms with van der Waals surface area (Å²) in [6.07, 6.45) is 5.21. The molecule has 1 fully saturated rings. The molecule has 0 aromatic heterocycles. The van der Waals surface area contributed by atoms with Crippen LogP contribution >= 0.6 is 0 Å². The number of carbonyl (C=O) groups excluding carboxylic acids is 2. The maximum absolute atomic E-state index is 12.8. The number of Topliss-reactive ketones (excluding diaryl/α,β-unsaturated/α-hetero) is 1. The highest BCUT2D eigenvalue weighted by atomic mass is 16.5. The fraction of sp³-hybridized carbons (Fsp3) is 0.412. The van der Waals surface area contributed by atoms with E-state index >= 15 is 0 Å². The molecule has 1 aromatic rings. The minimum atomic E-state index is -0.353. The Balaban J connectivity index is 1.95. The van der Waals surface area contributed by atoms with Gasteiger partial charge in [0, 0.05) is 11.1 Å². The summed E-state index contributed by atoms with van der Waals surface area (Å²) in [7, 11) is 1.38. The lowest BCUT2D eigenvalue weighted by Gasteiger charge is -2.20. The summed E-state index contributed by atoms with van der Waals surface area (Å²) >= 11 is 0. The molecule has 0 bridgehead atoms. The molecule has 104 valence electrons. The van der Waals surface area contributed by atoms with Gasteiger partial charge in [-0.05, 0) is 24.7 Å². The molecule has 0 aliphatic heterocycles. The number of methoxy groups -OCH3 is 1. The molecule has 1 saturated carbocycles. The molecule has 1 aromatic carbocycles. The van der Waals surface area contributed by atoms with Gasteiger partial charge in [-0.2, -0.15) is 0 Å². The molecule has 2 aliphatic rings. The number of ketones is 1. The van der Waals surface area contributed by atoms with Crippen molar-refractivity contribution in [2.75, 3.05) is 7.11 Å². The van der Waals surface area contributed by atoms with Crippen LogP contribution in [0.5, 0.6) is 0 Å². The quantitative estimate of drug-likeness (QED) is 0.626. The first kappa shape index (κ1) is 13.1. The van der Waals surface area contributed by atoms with Crippen LogP contribution in [-0.2, 0) is 9.53 Å². The van der Waals surface area contributed by atoms with Gasteiger partial charge in [-0.3, -0.25) is 4.79 Å². The van der Waals surface area contributed by atoms with Gasteiger partial charge in [-0.15, -0.1) is 0 Å². The van der Waals surface area contributed by atoms with Gasteiger partial charge in [-0.25, -0.2) is 4.79 Å². The van der Waals surface area contributed by atoms with Crippen molar-refractivity contribution in [3.63, 3.8) is 0 Å². The van der Waals surface area contributed by atoms with Gasteiger partial charge in [0.05, 0.1) is 13.0 Å². The molecule has 0 amide bonds. The molecule has 0 N–H and O–H groups in total. The summed E-state index contributed by atoms with van der Waals surface area (Å²) in [6, 6.07) is 9.24. The van der Waals surface area contributed by atoms with Crippen molar-refractivity contribution < 1.29 is 14.3 Å². The van der Waals surface area contributed by atoms with Crippen molar-refractivity contribution in [2.45, 2.75) is 19.3 Å². The van der Waals surface area contributed by atoms with Crippen LogP contribution in [0.1, 0.15) is 29.6 Å². The van der Waals surface area contributed by atoms with Crippen molar-refractivity contribution in [1.29, 1.82) is 0 Å². The Morgan fingerprint density at radius 1 is 1.15 bits per heavy atom. The van der Waals surface area contributed by atoms with E-state index in [1.54, 1.807) is 0 Å². The van der Waals surface area contributed by atoms with Gasteiger partial charge < -0.3 is 4.74 Å². The van der Waals surface area contributed by atoms with Crippen molar-refractivity contribution >= 4 is 11.8 Å². The van der Waals surface area contributed by atoms with Crippen molar-refractivity contribution in [3.8, 4) is 0 Å². The first-order chi connectivity index (χ1) is 9.72. The largest absolute Gasteiger partial charge is 0.466 e. The molecule has 0 spiro atoms. The SMILES string of the molecule is COC(=O)C1=C[C@H]2CCC[C@H]2[C@@H]1C(=O)c1ccccc1. The monoisotopic (exact) mass is 270 g/mol. The molecule has 3 rings (SSSR count). The summed E-state index contributed by atoms with van der Waals surface area (Å²) in [4.78, 5) is 24.7. The zero-order valence-electron chi connectivity index (χ0n) is 11.5. The molecular formula is C17H18O3. The zero-order chi connectivity index (χ0) is 14.1. The topological polar surface area (TPSA) is 43.4 Å². The van der Waals surface area contributed by atoms with Crippen LogP contribution in [-0.4, -0.2) is 18.9 Å². The highest BCUT2D eigenvalue weighted by Crippen LogP contribution is 2.48. The lowest BCUT2D eigenvalue weighted by molar-refractivity contribution is -0.136.